The van der Waals surface area contributed by atoms with Crippen molar-refractivity contribution in [2.75, 3.05) is 40.5 Å². The van der Waals surface area contributed by atoms with Gasteiger partial charge in [-0.1, -0.05) is 36.0 Å². The normalized spacial score (nSPS) is 15.1. The van der Waals surface area contributed by atoms with Crippen molar-refractivity contribution in [3.8, 4) is 11.5 Å². The molecular weight excluding hydrogens is 452 g/mol. The fourth-order valence-corrected chi connectivity index (χ4v) is 4.74. The van der Waals surface area contributed by atoms with Gasteiger partial charge >= 0.3 is 0 Å². The number of carbonyl (C=O) groups excluding carboxylic acids is 1. The van der Waals surface area contributed by atoms with E-state index < -0.39 is 0 Å². The minimum atomic E-state index is -0.324. The quantitative estimate of drug-likeness (QED) is 0.367. The Bertz CT molecular complexity index is 1140. The lowest BCUT2D eigenvalue weighted by molar-refractivity contribution is -0.120. The van der Waals surface area contributed by atoms with Crippen LogP contribution in [0.25, 0.3) is 10.9 Å². The standard InChI is InChI=1S/C25H30N4O4S/c1-17(24(30)26-15-18-8-9-21(31-2)22(14-18)32-3)34-25-19-6-4-5-7-20(19)27-23(28-25)16-29-10-12-33-13-11-29/h4-9,14,17H,10-13,15-16H2,1-3H3,(H,26,30). The number of aromatic nitrogens is 2. The number of fused-ring (bicyclic) bond motifs is 1. The second-order valence-corrected chi connectivity index (χ2v) is 9.35. The summed E-state index contributed by atoms with van der Waals surface area (Å²) in [6, 6.07) is 13.6. The van der Waals surface area contributed by atoms with Crippen molar-refractivity contribution < 1.29 is 19.0 Å². The highest BCUT2D eigenvalue weighted by molar-refractivity contribution is 8.00. The first-order chi connectivity index (χ1) is 16.6. The summed E-state index contributed by atoms with van der Waals surface area (Å²) in [7, 11) is 3.19. The minimum absolute atomic E-state index is 0.0581. The van der Waals surface area contributed by atoms with Crippen LogP contribution in [-0.2, 0) is 22.6 Å². The van der Waals surface area contributed by atoms with Gasteiger partial charge in [0.2, 0.25) is 5.91 Å². The number of nitrogens with zero attached hydrogens (tertiary/aromatic N) is 3. The van der Waals surface area contributed by atoms with Crippen LogP contribution in [0.15, 0.2) is 47.5 Å². The number of carbonyl (C=O) groups is 1. The van der Waals surface area contributed by atoms with Gasteiger partial charge in [0.25, 0.3) is 0 Å². The smallest absolute Gasteiger partial charge is 0.233 e. The molecule has 1 amide bonds. The van der Waals surface area contributed by atoms with Gasteiger partial charge in [-0.15, -0.1) is 0 Å². The molecule has 1 atom stereocenters. The summed E-state index contributed by atoms with van der Waals surface area (Å²) in [5.74, 6) is 2.00. The van der Waals surface area contributed by atoms with Crippen molar-refractivity contribution >= 4 is 28.6 Å². The van der Waals surface area contributed by atoms with Crippen LogP contribution < -0.4 is 14.8 Å². The maximum Gasteiger partial charge on any atom is 0.233 e. The number of methoxy groups -OCH3 is 2. The van der Waals surface area contributed by atoms with Crippen molar-refractivity contribution in [1.82, 2.24) is 20.2 Å². The molecule has 9 heteroatoms. The Hall–Kier alpha value is -2.88. The van der Waals surface area contributed by atoms with E-state index in [9.17, 15) is 4.79 Å². The van der Waals surface area contributed by atoms with E-state index in [1.54, 1.807) is 14.2 Å². The molecule has 1 unspecified atom stereocenters. The second kappa shape index (κ2) is 11.5. The topological polar surface area (TPSA) is 85.8 Å². The summed E-state index contributed by atoms with van der Waals surface area (Å²) in [6.07, 6.45) is 0. The molecule has 1 saturated heterocycles. The molecular formula is C25H30N4O4S. The molecule has 1 aliphatic rings. The summed E-state index contributed by atoms with van der Waals surface area (Å²) in [6.45, 7) is 6.16. The van der Waals surface area contributed by atoms with Crippen LogP contribution in [0.3, 0.4) is 0 Å². The predicted molar refractivity (Wildman–Crippen MR) is 132 cm³/mol. The Morgan fingerprint density at radius 3 is 2.65 bits per heavy atom. The third-order valence-electron chi connectivity index (χ3n) is 5.66. The van der Waals surface area contributed by atoms with E-state index in [1.807, 2.05) is 49.4 Å². The molecule has 1 aromatic heterocycles. The molecule has 0 radical (unpaired) electrons. The molecule has 2 aromatic carbocycles. The summed E-state index contributed by atoms with van der Waals surface area (Å²) in [5, 5.41) is 4.47. The Morgan fingerprint density at radius 2 is 1.88 bits per heavy atom. The Morgan fingerprint density at radius 1 is 1.12 bits per heavy atom. The van der Waals surface area contributed by atoms with Gasteiger partial charge in [0.15, 0.2) is 11.5 Å². The Labute approximate surface area is 204 Å². The number of para-hydroxylation sites is 1. The summed E-state index contributed by atoms with van der Waals surface area (Å²) < 4.78 is 16.1. The number of hydrogen-bond donors (Lipinski definition) is 1. The number of amides is 1. The number of morpholine rings is 1. The van der Waals surface area contributed by atoms with Gasteiger partial charge in [-0.2, -0.15) is 0 Å². The fraction of sp³-hybridized carbons (Fsp3) is 0.400. The minimum Gasteiger partial charge on any atom is -0.493 e. The fourth-order valence-electron chi connectivity index (χ4n) is 3.76. The molecule has 8 nitrogen and oxygen atoms in total. The molecule has 0 aliphatic carbocycles. The SMILES string of the molecule is COc1ccc(CNC(=O)C(C)Sc2nc(CN3CCOCC3)nc3ccccc23)cc1OC. The van der Waals surface area contributed by atoms with E-state index in [0.717, 1.165) is 53.6 Å². The van der Waals surface area contributed by atoms with Gasteiger partial charge in [-0.25, -0.2) is 9.97 Å². The largest absolute Gasteiger partial charge is 0.493 e. The van der Waals surface area contributed by atoms with Crippen molar-refractivity contribution in [2.24, 2.45) is 0 Å². The van der Waals surface area contributed by atoms with Crippen molar-refractivity contribution in [3.05, 3.63) is 53.9 Å². The Balaban J connectivity index is 1.45. The van der Waals surface area contributed by atoms with Crippen LogP contribution >= 0.6 is 11.8 Å². The van der Waals surface area contributed by atoms with Crippen LogP contribution in [0.4, 0.5) is 0 Å². The maximum absolute atomic E-state index is 12.9. The van der Waals surface area contributed by atoms with Crippen molar-refractivity contribution in [1.29, 1.82) is 0 Å². The maximum atomic E-state index is 12.9. The molecule has 0 bridgehead atoms. The first kappa shape index (κ1) is 24.3. The zero-order valence-electron chi connectivity index (χ0n) is 19.7. The highest BCUT2D eigenvalue weighted by Crippen LogP contribution is 2.30. The van der Waals surface area contributed by atoms with E-state index in [4.69, 9.17) is 24.2 Å². The molecule has 1 N–H and O–H groups in total. The molecule has 0 spiro atoms. The van der Waals surface area contributed by atoms with E-state index in [2.05, 4.69) is 10.2 Å². The molecule has 1 aliphatic heterocycles. The zero-order chi connectivity index (χ0) is 23.9. The lowest BCUT2D eigenvalue weighted by atomic mass is 10.2. The van der Waals surface area contributed by atoms with Gasteiger partial charge in [-0.05, 0) is 30.7 Å². The van der Waals surface area contributed by atoms with Crippen molar-refractivity contribution in [2.45, 2.75) is 30.3 Å². The monoisotopic (exact) mass is 482 g/mol. The third-order valence-corrected chi connectivity index (χ3v) is 6.76. The molecule has 4 rings (SSSR count). The van der Waals surface area contributed by atoms with Crippen LogP contribution in [0.2, 0.25) is 0 Å². The van der Waals surface area contributed by atoms with E-state index >= 15 is 0 Å². The van der Waals surface area contributed by atoms with E-state index in [0.29, 0.717) is 24.6 Å². The van der Waals surface area contributed by atoms with Crippen LogP contribution in [0.5, 0.6) is 11.5 Å². The van der Waals surface area contributed by atoms with Crippen LogP contribution in [-0.4, -0.2) is 66.5 Å². The zero-order valence-corrected chi connectivity index (χ0v) is 20.6. The predicted octanol–water partition coefficient (Wildman–Crippen LogP) is 3.28. The number of rotatable bonds is 9. The summed E-state index contributed by atoms with van der Waals surface area (Å²) in [5.41, 5.74) is 1.82. The third kappa shape index (κ3) is 5.97. The highest BCUT2D eigenvalue weighted by atomic mass is 32.2. The first-order valence-electron chi connectivity index (χ1n) is 11.3. The second-order valence-electron chi connectivity index (χ2n) is 8.02. The van der Waals surface area contributed by atoms with E-state index in [1.165, 1.54) is 11.8 Å². The number of thioether (sulfide) groups is 1. The lowest BCUT2D eigenvalue weighted by Crippen LogP contribution is -2.36. The van der Waals surface area contributed by atoms with E-state index in [-0.39, 0.29) is 11.2 Å². The van der Waals surface area contributed by atoms with Gasteiger partial charge in [0, 0.05) is 25.0 Å². The first-order valence-corrected chi connectivity index (χ1v) is 12.2. The van der Waals surface area contributed by atoms with Gasteiger partial charge in [0.1, 0.15) is 10.9 Å². The molecule has 180 valence electrons. The number of ether oxygens (including phenoxy) is 3. The summed E-state index contributed by atoms with van der Waals surface area (Å²) in [4.78, 5) is 24.8. The molecule has 3 aromatic rings. The van der Waals surface area contributed by atoms with Crippen molar-refractivity contribution in [3.63, 3.8) is 0 Å². The lowest BCUT2D eigenvalue weighted by Gasteiger charge is -2.26. The number of hydrogen-bond acceptors (Lipinski definition) is 8. The number of nitrogens with one attached hydrogen (secondary N) is 1. The molecule has 1 fully saturated rings. The van der Waals surface area contributed by atoms with Crippen LogP contribution in [0.1, 0.15) is 18.3 Å². The van der Waals surface area contributed by atoms with Gasteiger partial charge in [-0.3, -0.25) is 9.69 Å². The highest BCUT2D eigenvalue weighted by Gasteiger charge is 2.19. The molecule has 34 heavy (non-hydrogen) atoms. The van der Waals surface area contributed by atoms with Crippen LogP contribution in [0, 0.1) is 0 Å². The summed E-state index contributed by atoms with van der Waals surface area (Å²) >= 11 is 1.46. The number of benzene rings is 2. The average molecular weight is 483 g/mol. The molecule has 2 heterocycles. The van der Waals surface area contributed by atoms with Gasteiger partial charge < -0.3 is 19.5 Å². The average Bonchev–Trinajstić information content (AvgIpc) is 2.87. The van der Waals surface area contributed by atoms with Gasteiger partial charge in [0.05, 0.1) is 44.7 Å². The Kier molecular flexibility index (Phi) is 8.21. The molecule has 0 saturated carbocycles.